The van der Waals surface area contributed by atoms with E-state index >= 15 is 0 Å². The van der Waals surface area contributed by atoms with Gasteiger partial charge in [-0.2, -0.15) is 0 Å². The Bertz CT molecular complexity index is 427. The highest BCUT2D eigenvalue weighted by Crippen LogP contribution is 2.25. The molecular weight excluding hydrogens is 294 g/mol. The molecule has 0 saturated heterocycles. The van der Waals surface area contributed by atoms with Crippen LogP contribution in [-0.2, 0) is 9.84 Å². The Balaban J connectivity index is 2.43. The number of hydrogen-bond acceptors (Lipinski definition) is 4. The molecule has 1 heterocycles. The van der Waals surface area contributed by atoms with Crippen LogP contribution in [0.5, 0.6) is 0 Å². The molecule has 0 spiro atoms. The van der Waals surface area contributed by atoms with Crippen LogP contribution in [-0.4, -0.2) is 19.9 Å². The van der Waals surface area contributed by atoms with E-state index in [9.17, 15) is 8.42 Å². The molecule has 1 aromatic rings. The van der Waals surface area contributed by atoms with Crippen molar-refractivity contribution in [1.29, 1.82) is 0 Å². The van der Waals surface area contributed by atoms with Crippen LogP contribution in [0.1, 0.15) is 31.4 Å². The van der Waals surface area contributed by atoms with Gasteiger partial charge in [-0.15, -0.1) is 0 Å². The third-order valence-corrected chi connectivity index (χ3v) is 4.89. The number of rotatable bonds is 6. The summed E-state index contributed by atoms with van der Waals surface area (Å²) in [7, 11) is -2.88. The second-order valence-electron chi connectivity index (χ2n) is 3.63. The molecule has 0 aliphatic carbocycles. The average Bonchev–Trinajstić information content (AvgIpc) is 2.64. The summed E-state index contributed by atoms with van der Waals surface area (Å²) >= 11 is 3.25. The smallest absolute Gasteiger partial charge is 0.173 e. The summed E-state index contributed by atoms with van der Waals surface area (Å²) < 4.78 is 28.2. The Morgan fingerprint density at radius 3 is 2.75 bits per heavy atom. The number of halogens is 1. The highest BCUT2D eigenvalue weighted by Gasteiger charge is 2.14. The molecule has 0 bridgehead atoms. The van der Waals surface area contributed by atoms with Crippen molar-refractivity contribution in [2.45, 2.75) is 25.8 Å². The molecule has 0 aliphatic heterocycles. The molecule has 1 unspecified atom stereocenters. The zero-order valence-electron chi connectivity index (χ0n) is 9.15. The first-order chi connectivity index (χ1) is 7.46. The number of sulfone groups is 1. The van der Waals surface area contributed by atoms with Crippen molar-refractivity contribution in [1.82, 2.24) is 0 Å². The van der Waals surface area contributed by atoms with Crippen LogP contribution in [0.3, 0.4) is 0 Å². The van der Waals surface area contributed by atoms with Crippen LogP contribution in [0.15, 0.2) is 21.4 Å². The Morgan fingerprint density at radius 1 is 1.56 bits per heavy atom. The van der Waals surface area contributed by atoms with Crippen LogP contribution >= 0.6 is 15.9 Å². The van der Waals surface area contributed by atoms with E-state index < -0.39 is 9.84 Å². The summed E-state index contributed by atoms with van der Waals surface area (Å²) in [5, 5.41) is 0. The third-order valence-electron chi connectivity index (χ3n) is 2.46. The van der Waals surface area contributed by atoms with Gasteiger partial charge in [0.15, 0.2) is 4.67 Å². The van der Waals surface area contributed by atoms with Gasteiger partial charge in [-0.05, 0) is 34.8 Å². The van der Waals surface area contributed by atoms with Gasteiger partial charge in [-0.25, -0.2) is 8.42 Å². The zero-order valence-corrected chi connectivity index (χ0v) is 11.6. The van der Waals surface area contributed by atoms with Crippen LogP contribution in [0.25, 0.3) is 0 Å². The van der Waals surface area contributed by atoms with E-state index in [1.165, 1.54) is 0 Å². The first kappa shape index (κ1) is 13.7. The lowest BCUT2D eigenvalue weighted by Crippen LogP contribution is -2.14. The first-order valence-electron chi connectivity index (χ1n) is 5.15. The molecule has 0 radical (unpaired) electrons. The number of nitrogens with two attached hydrogens (primary N) is 1. The van der Waals surface area contributed by atoms with Crippen LogP contribution in [0.2, 0.25) is 0 Å². The molecule has 0 saturated carbocycles. The minimum Gasteiger partial charge on any atom is -0.457 e. The molecular formula is C10H16BrNO3S. The molecule has 4 nitrogen and oxygen atoms in total. The molecule has 2 N–H and O–H groups in total. The van der Waals surface area contributed by atoms with Crippen molar-refractivity contribution in [2.24, 2.45) is 5.73 Å². The Morgan fingerprint density at radius 2 is 2.25 bits per heavy atom. The number of hydrogen-bond donors (Lipinski definition) is 1. The summed E-state index contributed by atoms with van der Waals surface area (Å²) in [4.78, 5) is 0. The van der Waals surface area contributed by atoms with Crippen molar-refractivity contribution >= 4 is 25.8 Å². The lowest BCUT2D eigenvalue weighted by atomic mass is 10.1. The van der Waals surface area contributed by atoms with Crippen molar-refractivity contribution in [3.63, 3.8) is 0 Å². The molecule has 1 aromatic heterocycles. The lowest BCUT2D eigenvalue weighted by molar-refractivity contribution is 0.526. The zero-order chi connectivity index (χ0) is 12.2. The quantitative estimate of drug-likeness (QED) is 0.874. The van der Waals surface area contributed by atoms with Crippen LogP contribution in [0, 0.1) is 0 Å². The minimum atomic E-state index is -2.88. The second kappa shape index (κ2) is 5.84. The highest BCUT2D eigenvalue weighted by atomic mass is 79.9. The van der Waals surface area contributed by atoms with Crippen LogP contribution in [0.4, 0.5) is 0 Å². The standard InChI is InChI=1S/C10H16BrNO3S/c1-2-16(13,14)7-3-4-9(12)8-5-6-15-10(8)11/h5-6,9H,2-4,7,12H2,1H3. The van der Waals surface area contributed by atoms with Crippen molar-refractivity contribution in [3.05, 3.63) is 22.6 Å². The normalized spacial score (nSPS) is 13.9. The summed E-state index contributed by atoms with van der Waals surface area (Å²) in [6.07, 6.45) is 2.77. The monoisotopic (exact) mass is 309 g/mol. The van der Waals surface area contributed by atoms with Crippen molar-refractivity contribution < 1.29 is 12.8 Å². The van der Waals surface area contributed by atoms with Gasteiger partial charge in [0.25, 0.3) is 0 Å². The summed E-state index contributed by atoms with van der Waals surface area (Å²) in [5.74, 6) is 0.393. The van der Waals surface area contributed by atoms with E-state index in [0.717, 1.165) is 5.56 Å². The summed E-state index contributed by atoms with van der Waals surface area (Å²) in [5.41, 5.74) is 6.81. The highest BCUT2D eigenvalue weighted by molar-refractivity contribution is 9.10. The van der Waals surface area contributed by atoms with Gasteiger partial charge < -0.3 is 10.2 Å². The minimum absolute atomic E-state index is 0.180. The average molecular weight is 310 g/mol. The molecule has 0 amide bonds. The van der Waals surface area contributed by atoms with E-state index in [-0.39, 0.29) is 17.5 Å². The predicted molar refractivity (Wildman–Crippen MR) is 66.9 cm³/mol. The Kier molecular flexibility index (Phi) is 5.01. The van der Waals surface area contributed by atoms with Gasteiger partial charge in [-0.3, -0.25) is 0 Å². The maximum absolute atomic E-state index is 11.3. The van der Waals surface area contributed by atoms with Crippen molar-refractivity contribution in [3.8, 4) is 0 Å². The topological polar surface area (TPSA) is 73.3 Å². The van der Waals surface area contributed by atoms with E-state index in [1.807, 2.05) is 0 Å². The van der Waals surface area contributed by atoms with E-state index in [4.69, 9.17) is 10.2 Å². The first-order valence-corrected chi connectivity index (χ1v) is 7.76. The third kappa shape index (κ3) is 3.92. The van der Waals surface area contributed by atoms with E-state index in [0.29, 0.717) is 17.5 Å². The molecule has 0 fully saturated rings. The molecule has 1 rings (SSSR count). The van der Waals surface area contributed by atoms with E-state index in [2.05, 4.69) is 15.9 Å². The largest absolute Gasteiger partial charge is 0.457 e. The molecule has 0 aromatic carbocycles. The fourth-order valence-electron chi connectivity index (χ4n) is 1.39. The van der Waals surface area contributed by atoms with Gasteiger partial charge in [0.2, 0.25) is 0 Å². The molecule has 6 heteroatoms. The maximum atomic E-state index is 11.3. The molecule has 0 aliphatic rings. The predicted octanol–water partition coefficient (Wildman–Crippen LogP) is 2.26. The summed E-state index contributed by atoms with van der Waals surface area (Å²) in [6.45, 7) is 1.65. The van der Waals surface area contributed by atoms with E-state index in [1.54, 1.807) is 19.3 Å². The van der Waals surface area contributed by atoms with Gasteiger partial charge in [0, 0.05) is 17.4 Å². The van der Waals surface area contributed by atoms with Crippen LogP contribution < -0.4 is 5.73 Å². The maximum Gasteiger partial charge on any atom is 0.173 e. The van der Waals surface area contributed by atoms with Gasteiger partial charge in [-0.1, -0.05) is 6.92 Å². The molecule has 92 valence electrons. The summed E-state index contributed by atoms with van der Waals surface area (Å²) in [6, 6.07) is 1.61. The Labute approximate surface area is 104 Å². The SMILES string of the molecule is CCS(=O)(=O)CCCC(N)c1ccoc1Br. The molecule has 16 heavy (non-hydrogen) atoms. The van der Waals surface area contributed by atoms with Gasteiger partial charge in [0.1, 0.15) is 9.84 Å². The fraction of sp³-hybridized carbons (Fsp3) is 0.600. The number of furan rings is 1. The van der Waals surface area contributed by atoms with Crippen molar-refractivity contribution in [2.75, 3.05) is 11.5 Å². The Hall–Kier alpha value is -0.330. The molecule has 1 atom stereocenters. The second-order valence-corrected chi connectivity index (χ2v) is 6.83. The van der Waals surface area contributed by atoms with Gasteiger partial charge >= 0.3 is 0 Å². The lowest BCUT2D eigenvalue weighted by Gasteiger charge is -2.09. The van der Waals surface area contributed by atoms with Gasteiger partial charge in [0.05, 0.1) is 12.0 Å². The fourth-order valence-corrected chi connectivity index (χ4v) is 2.82.